The molecule has 0 spiro atoms. The summed E-state index contributed by atoms with van der Waals surface area (Å²) in [5.41, 5.74) is 0.660. The van der Waals surface area contributed by atoms with Crippen molar-refractivity contribution in [3.8, 4) is 0 Å². The van der Waals surface area contributed by atoms with Crippen LogP contribution in [0.15, 0.2) is 24.3 Å². The van der Waals surface area contributed by atoms with Gasteiger partial charge in [0.15, 0.2) is 0 Å². The lowest BCUT2D eigenvalue weighted by atomic mass is 9.83. The Morgan fingerprint density at radius 1 is 1.39 bits per heavy atom. The molecule has 0 radical (unpaired) electrons. The molecular weight excluding hydrogens is 250 g/mol. The standard InChI is InChI=1S/C14H18ClNO2/c1-3-16-8-14(2,9-16)10-18-13(17)11-4-6-12(15)7-5-11/h4-7H,3,8-10H2,1-2H3. The molecule has 0 amide bonds. The summed E-state index contributed by atoms with van der Waals surface area (Å²) >= 11 is 5.77. The molecule has 0 N–H and O–H groups in total. The lowest BCUT2D eigenvalue weighted by Crippen LogP contribution is -2.56. The van der Waals surface area contributed by atoms with Crippen molar-refractivity contribution in [3.63, 3.8) is 0 Å². The SMILES string of the molecule is CCN1CC(C)(COC(=O)c2ccc(Cl)cc2)C1. The van der Waals surface area contributed by atoms with Crippen LogP contribution in [-0.2, 0) is 4.74 Å². The molecule has 0 unspecified atom stereocenters. The number of carbonyl (C=O) groups excluding carboxylic acids is 1. The van der Waals surface area contributed by atoms with Crippen molar-refractivity contribution in [2.75, 3.05) is 26.2 Å². The number of likely N-dealkylation sites (tertiary alicyclic amines) is 1. The number of nitrogens with zero attached hydrogens (tertiary/aromatic N) is 1. The maximum Gasteiger partial charge on any atom is 0.338 e. The van der Waals surface area contributed by atoms with E-state index in [4.69, 9.17) is 16.3 Å². The Morgan fingerprint density at radius 3 is 2.56 bits per heavy atom. The fourth-order valence-electron chi connectivity index (χ4n) is 2.26. The molecule has 1 heterocycles. The Kier molecular flexibility index (Phi) is 3.93. The Hall–Kier alpha value is -1.06. The van der Waals surface area contributed by atoms with Gasteiger partial charge in [-0.1, -0.05) is 25.4 Å². The van der Waals surface area contributed by atoms with Crippen molar-refractivity contribution in [3.05, 3.63) is 34.9 Å². The molecule has 1 aromatic carbocycles. The number of esters is 1. The first kappa shape index (κ1) is 13.4. The molecule has 1 aliphatic heterocycles. The zero-order valence-electron chi connectivity index (χ0n) is 10.8. The third-order valence-corrected chi connectivity index (χ3v) is 3.54. The van der Waals surface area contributed by atoms with Gasteiger partial charge in [0.1, 0.15) is 0 Å². The monoisotopic (exact) mass is 267 g/mol. The van der Waals surface area contributed by atoms with E-state index in [0.29, 0.717) is 17.2 Å². The molecule has 0 aliphatic carbocycles. The third-order valence-electron chi connectivity index (χ3n) is 3.29. The Morgan fingerprint density at radius 2 is 2.00 bits per heavy atom. The zero-order chi connectivity index (χ0) is 13.2. The van der Waals surface area contributed by atoms with Gasteiger partial charge in [0.25, 0.3) is 0 Å². The number of benzene rings is 1. The predicted molar refractivity (Wildman–Crippen MR) is 72.0 cm³/mol. The van der Waals surface area contributed by atoms with Gasteiger partial charge < -0.3 is 9.64 Å². The van der Waals surface area contributed by atoms with Crippen LogP contribution in [0.25, 0.3) is 0 Å². The Bertz CT molecular complexity index is 424. The van der Waals surface area contributed by atoms with Gasteiger partial charge in [-0.15, -0.1) is 0 Å². The van der Waals surface area contributed by atoms with Crippen molar-refractivity contribution < 1.29 is 9.53 Å². The number of ether oxygens (including phenoxy) is 1. The second kappa shape index (κ2) is 5.29. The minimum absolute atomic E-state index is 0.109. The fourth-order valence-corrected chi connectivity index (χ4v) is 2.38. The largest absolute Gasteiger partial charge is 0.461 e. The molecule has 1 saturated heterocycles. The average Bonchev–Trinajstić information content (AvgIpc) is 2.33. The van der Waals surface area contributed by atoms with E-state index in [1.54, 1.807) is 24.3 Å². The maximum absolute atomic E-state index is 11.8. The highest BCUT2D eigenvalue weighted by molar-refractivity contribution is 6.30. The lowest BCUT2D eigenvalue weighted by molar-refractivity contribution is -0.0375. The van der Waals surface area contributed by atoms with Crippen molar-refractivity contribution in [1.82, 2.24) is 4.90 Å². The second-order valence-electron chi connectivity index (χ2n) is 5.20. The highest BCUT2D eigenvalue weighted by atomic mass is 35.5. The van der Waals surface area contributed by atoms with Crippen molar-refractivity contribution in [2.24, 2.45) is 5.41 Å². The molecule has 98 valence electrons. The average molecular weight is 268 g/mol. The molecule has 0 aromatic heterocycles. The van der Waals surface area contributed by atoms with Gasteiger partial charge in [-0.25, -0.2) is 4.79 Å². The van der Waals surface area contributed by atoms with Gasteiger partial charge in [0.05, 0.1) is 12.2 Å². The molecule has 18 heavy (non-hydrogen) atoms. The van der Waals surface area contributed by atoms with E-state index in [2.05, 4.69) is 18.7 Å². The minimum Gasteiger partial charge on any atom is -0.461 e. The first-order chi connectivity index (χ1) is 8.52. The van der Waals surface area contributed by atoms with Gasteiger partial charge in [0, 0.05) is 23.5 Å². The van der Waals surface area contributed by atoms with Crippen LogP contribution in [0.2, 0.25) is 5.02 Å². The van der Waals surface area contributed by atoms with Crippen LogP contribution < -0.4 is 0 Å². The molecular formula is C14H18ClNO2. The van der Waals surface area contributed by atoms with Gasteiger partial charge >= 0.3 is 5.97 Å². The van der Waals surface area contributed by atoms with E-state index in [1.807, 2.05) is 0 Å². The van der Waals surface area contributed by atoms with Gasteiger partial charge in [-0.2, -0.15) is 0 Å². The lowest BCUT2D eigenvalue weighted by Gasteiger charge is -2.47. The molecule has 2 rings (SSSR count). The molecule has 0 saturated carbocycles. The highest BCUT2D eigenvalue weighted by Crippen LogP contribution is 2.29. The summed E-state index contributed by atoms with van der Waals surface area (Å²) in [5, 5.41) is 0.621. The van der Waals surface area contributed by atoms with E-state index in [-0.39, 0.29) is 11.4 Å². The number of rotatable bonds is 4. The summed E-state index contributed by atoms with van der Waals surface area (Å²) < 4.78 is 5.36. The number of hydrogen-bond donors (Lipinski definition) is 0. The molecule has 3 nitrogen and oxygen atoms in total. The Labute approximate surface area is 113 Å². The van der Waals surface area contributed by atoms with Crippen LogP contribution in [0.4, 0.5) is 0 Å². The summed E-state index contributed by atoms with van der Waals surface area (Å²) in [6.45, 7) is 7.81. The third kappa shape index (κ3) is 3.03. The number of hydrogen-bond acceptors (Lipinski definition) is 3. The van der Waals surface area contributed by atoms with Gasteiger partial charge in [-0.05, 0) is 30.8 Å². The first-order valence-electron chi connectivity index (χ1n) is 6.17. The molecule has 0 bridgehead atoms. The van der Waals surface area contributed by atoms with E-state index >= 15 is 0 Å². The predicted octanol–water partition coefficient (Wildman–Crippen LogP) is 2.84. The van der Waals surface area contributed by atoms with E-state index in [9.17, 15) is 4.79 Å². The van der Waals surface area contributed by atoms with Crippen LogP contribution in [-0.4, -0.2) is 37.1 Å². The number of carbonyl (C=O) groups is 1. The summed E-state index contributed by atoms with van der Waals surface area (Å²) in [6.07, 6.45) is 0. The number of halogens is 1. The molecule has 1 fully saturated rings. The normalized spacial score (nSPS) is 18.2. The summed E-state index contributed by atoms with van der Waals surface area (Å²) in [5.74, 6) is -0.275. The van der Waals surface area contributed by atoms with Crippen LogP contribution in [0.5, 0.6) is 0 Å². The summed E-state index contributed by atoms with van der Waals surface area (Å²) in [7, 11) is 0. The van der Waals surface area contributed by atoms with Crippen molar-refractivity contribution >= 4 is 17.6 Å². The van der Waals surface area contributed by atoms with Crippen molar-refractivity contribution in [1.29, 1.82) is 0 Å². The highest BCUT2D eigenvalue weighted by Gasteiger charge is 2.38. The van der Waals surface area contributed by atoms with Crippen LogP contribution in [0, 0.1) is 5.41 Å². The van der Waals surface area contributed by atoms with E-state index in [0.717, 1.165) is 19.6 Å². The van der Waals surface area contributed by atoms with Crippen LogP contribution in [0.1, 0.15) is 24.2 Å². The topological polar surface area (TPSA) is 29.5 Å². The molecule has 0 atom stereocenters. The fraction of sp³-hybridized carbons (Fsp3) is 0.500. The van der Waals surface area contributed by atoms with Crippen LogP contribution >= 0.6 is 11.6 Å². The van der Waals surface area contributed by atoms with Gasteiger partial charge in [-0.3, -0.25) is 0 Å². The van der Waals surface area contributed by atoms with Crippen LogP contribution in [0.3, 0.4) is 0 Å². The molecule has 1 aliphatic rings. The first-order valence-corrected chi connectivity index (χ1v) is 6.55. The van der Waals surface area contributed by atoms with E-state index in [1.165, 1.54) is 0 Å². The van der Waals surface area contributed by atoms with Gasteiger partial charge in [0.2, 0.25) is 0 Å². The summed E-state index contributed by atoms with van der Waals surface area (Å²) in [4.78, 5) is 14.1. The van der Waals surface area contributed by atoms with E-state index < -0.39 is 0 Å². The molecule has 4 heteroatoms. The second-order valence-corrected chi connectivity index (χ2v) is 5.63. The smallest absolute Gasteiger partial charge is 0.338 e. The quantitative estimate of drug-likeness (QED) is 0.786. The zero-order valence-corrected chi connectivity index (χ0v) is 11.5. The molecule has 1 aromatic rings. The Balaban J connectivity index is 1.84. The summed E-state index contributed by atoms with van der Waals surface area (Å²) in [6, 6.07) is 6.77. The minimum atomic E-state index is -0.275. The maximum atomic E-state index is 11.8. The van der Waals surface area contributed by atoms with Crippen molar-refractivity contribution in [2.45, 2.75) is 13.8 Å².